The van der Waals surface area contributed by atoms with Crippen molar-refractivity contribution in [3.05, 3.63) is 45.6 Å². The van der Waals surface area contributed by atoms with Crippen molar-refractivity contribution in [3.63, 3.8) is 0 Å². The van der Waals surface area contributed by atoms with Gasteiger partial charge in [0.25, 0.3) is 5.91 Å². The van der Waals surface area contributed by atoms with Crippen molar-refractivity contribution < 1.29 is 9.21 Å². The summed E-state index contributed by atoms with van der Waals surface area (Å²) in [6.45, 7) is 3.71. The number of hydrogen-bond donors (Lipinski definition) is 1. The smallest absolute Gasteiger partial charge is 0.259 e. The van der Waals surface area contributed by atoms with Gasteiger partial charge in [0, 0.05) is 6.42 Å². The van der Waals surface area contributed by atoms with E-state index in [0.717, 1.165) is 5.56 Å². The summed E-state index contributed by atoms with van der Waals surface area (Å²) in [6, 6.07) is 3.26. The Bertz CT molecular complexity index is 600. The first-order valence-electron chi connectivity index (χ1n) is 5.73. The SMILES string of the molecule is CCc1occc1C(=O)Nc1c(C)cc(Cl)nc1Cl. The molecule has 4 nitrogen and oxygen atoms in total. The third-order valence-electron chi connectivity index (χ3n) is 2.69. The number of hydrogen-bond acceptors (Lipinski definition) is 3. The summed E-state index contributed by atoms with van der Waals surface area (Å²) in [5.41, 5.74) is 1.70. The summed E-state index contributed by atoms with van der Waals surface area (Å²) in [6.07, 6.45) is 2.13. The van der Waals surface area contributed by atoms with Gasteiger partial charge in [-0.1, -0.05) is 30.1 Å². The van der Waals surface area contributed by atoms with Gasteiger partial charge in [-0.05, 0) is 24.6 Å². The molecule has 0 radical (unpaired) electrons. The standard InChI is InChI=1S/C13H12Cl2N2O2/c1-3-9-8(4-5-19-9)13(18)17-11-7(2)6-10(14)16-12(11)15/h4-6H,3H2,1-2H3,(H,17,18). The highest BCUT2D eigenvalue weighted by Gasteiger charge is 2.16. The second kappa shape index (κ2) is 5.63. The fourth-order valence-electron chi connectivity index (χ4n) is 1.74. The van der Waals surface area contributed by atoms with Crippen LogP contribution < -0.4 is 5.32 Å². The van der Waals surface area contributed by atoms with Crippen molar-refractivity contribution >= 4 is 34.8 Å². The van der Waals surface area contributed by atoms with E-state index in [2.05, 4.69) is 10.3 Å². The lowest BCUT2D eigenvalue weighted by atomic mass is 10.2. The van der Waals surface area contributed by atoms with Gasteiger partial charge in [-0.2, -0.15) is 0 Å². The molecule has 2 rings (SSSR count). The molecule has 100 valence electrons. The summed E-state index contributed by atoms with van der Waals surface area (Å²) < 4.78 is 5.22. The minimum Gasteiger partial charge on any atom is -0.469 e. The van der Waals surface area contributed by atoms with E-state index in [1.165, 1.54) is 6.26 Å². The number of pyridine rings is 1. The molecule has 0 unspecified atom stereocenters. The molecule has 0 saturated carbocycles. The highest BCUT2D eigenvalue weighted by molar-refractivity contribution is 6.35. The molecule has 2 aromatic rings. The van der Waals surface area contributed by atoms with Crippen LogP contribution in [0.3, 0.4) is 0 Å². The maximum Gasteiger partial charge on any atom is 0.259 e. The van der Waals surface area contributed by atoms with Crippen LogP contribution in [0.5, 0.6) is 0 Å². The Labute approximate surface area is 120 Å². The largest absolute Gasteiger partial charge is 0.469 e. The van der Waals surface area contributed by atoms with Crippen LogP contribution in [0, 0.1) is 6.92 Å². The summed E-state index contributed by atoms with van der Waals surface area (Å²) >= 11 is 11.8. The monoisotopic (exact) mass is 298 g/mol. The van der Waals surface area contributed by atoms with E-state index >= 15 is 0 Å². The molecule has 1 amide bonds. The molecular weight excluding hydrogens is 287 g/mol. The number of furan rings is 1. The van der Waals surface area contributed by atoms with Gasteiger partial charge in [-0.15, -0.1) is 0 Å². The van der Waals surface area contributed by atoms with E-state index in [4.69, 9.17) is 27.6 Å². The van der Waals surface area contributed by atoms with Gasteiger partial charge in [0.2, 0.25) is 0 Å². The van der Waals surface area contributed by atoms with Crippen LogP contribution in [0.1, 0.15) is 28.6 Å². The number of nitrogens with one attached hydrogen (secondary N) is 1. The predicted octanol–water partition coefficient (Wildman–Crippen LogP) is 4.10. The summed E-state index contributed by atoms with van der Waals surface area (Å²) in [5, 5.41) is 3.19. The van der Waals surface area contributed by atoms with Crippen LogP contribution >= 0.6 is 23.2 Å². The molecule has 0 saturated heterocycles. The molecule has 0 aliphatic heterocycles. The second-order valence-corrected chi connectivity index (χ2v) is 4.74. The number of aromatic nitrogens is 1. The number of carbonyl (C=O) groups excluding carboxylic acids is 1. The maximum absolute atomic E-state index is 12.2. The molecule has 0 atom stereocenters. The first-order chi connectivity index (χ1) is 9.02. The lowest BCUT2D eigenvalue weighted by molar-refractivity contribution is 0.102. The van der Waals surface area contributed by atoms with Crippen molar-refractivity contribution in [2.75, 3.05) is 5.32 Å². The van der Waals surface area contributed by atoms with Crippen molar-refractivity contribution in [2.24, 2.45) is 0 Å². The molecule has 0 spiro atoms. The van der Waals surface area contributed by atoms with Crippen LogP contribution in [0.2, 0.25) is 10.3 Å². The zero-order valence-corrected chi connectivity index (χ0v) is 12.0. The van der Waals surface area contributed by atoms with Gasteiger partial charge in [-0.25, -0.2) is 4.98 Å². The Balaban J connectivity index is 2.29. The number of nitrogens with zero attached hydrogens (tertiary/aromatic N) is 1. The Hall–Kier alpha value is -1.52. The van der Waals surface area contributed by atoms with Gasteiger partial charge >= 0.3 is 0 Å². The molecule has 0 fully saturated rings. The van der Waals surface area contributed by atoms with Crippen molar-refractivity contribution in [1.29, 1.82) is 0 Å². The zero-order chi connectivity index (χ0) is 14.0. The molecule has 1 N–H and O–H groups in total. The van der Waals surface area contributed by atoms with Gasteiger partial charge in [0.05, 0.1) is 17.5 Å². The molecule has 0 aliphatic rings. The molecule has 0 bridgehead atoms. The first-order valence-corrected chi connectivity index (χ1v) is 6.49. The molecule has 19 heavy (non-hydrogen) atoms. The zero-order valence-electron chi connectivity index (χ0n) is 10.5. The molecular formula is C13H12Cl2N2O2. The van der Waals surface area contributed by atoms with E-state index < -0.39 is 0 Å². The third-order valence-corrected chi connectivity index (χ3v) is 3.16. The summed E-state index contributed by atoms with van der Waals surface area (Å²) in [4.78, 5) is 16.1. The Morgan fingerprint density at radius 3 is 2.84 bits per heavy atom. The number of amides is 1. The molecule has 0 aromatic carbocycles. The minimum atomic E-state index is -0.278. The highest BCUT2D eigenvalue weighted by Crippen LogP contribution is 2.27. The molecule has 2 aromatic heterocycles. The number of carbonyl (C=O) groups is 1. The Kier molecular flexibility index (Phi) is 4.12. The number of aryl methyl sites for hydroxylation is 2. The predicted molar refractivity (Wildman–Crippen MR) is 75.0 cm³/mol. The fraction of sp³-hybridized carbons (Fsp3) is 0.231. The average Bonchev–Trinajstić information content (AvgIpc) is 2.81. The van der Waals surface area contributed by atoms with Gasteiger partial charge in [0.15, 0.2) is 5.15 Å². The van der Waals surface area contributed by atoms with Crippen LogP contribution in [-0.4, -0.2) is 10.9 Å². The number of anilines is 1. The average molecular weight is 299 g/mol. The summed E-state index contributed by atoms with van der Waals surface area (Å²) in [5.74, 6) is 0.355. The van der Waals surface area contributed by atoms with Gasteiger partial charge in [-0.3, -0.25) is 4.79 Å². The van der Waals surface area contributed by atoms with Crippen molar-refractivity contribution in [1.82, 2.24) is 4.98 Å². The molecule has 0 aliphatic carbocycles. The quantitative estimate of drug-likeness (QED) is 0.868. The Morgan fingerprint density at radius 2 is 2.21 bits per heavy atom. The lowest BCUT2D eigenvalue weighted by Crippen LogP contribution is -2.14. The van der Waals surface area contributed by atoms with Crippen LogP contribution in [-0.2, 0) is 6.42 Å². The first kappa shape index (κ1) is 13.9. The van der Waals surface area contributed by atoms with Gasteiger partial charge < -0.3 is 9.73 Å². The maximum atomic E-state index is 12.2. The van der Waals surface area contributed by atoms with E-state index in [-0.39, 0.29) is 16.2 Å². The van der Waals surface area contributed by atoms with Crippen LogP contribution in [0.4, 0.5) is 5.69 Å². The third kappa shape index (κ3) is 2.91. The fourth-order valence-corrected chi connectivity index (χ4v) is 2.32. The van der Waals surface area contributed by atoms with Crippen LogP contribution in [0.15, 0.2) is 22.8 Å². The molecule has 6 heteroatoms. The topological polar surface area (TPSA) is 55.1 Å². The van der Waals surface area contributed by atoms with Crippen molar-refractivity contribution in [3.8, 4) is 0 Å². The second-order valence-electron chi connectivity index (χ2n) is 3.99. The molecule has 2 heterocycles. The normalized spacial score (nSPS) is 10.5. The highest BCUT2D eigenvalue weighted by atomic mass is 35.5. The lowest BCUT2D eigenvalue weighted by Gasteiger charge is -2.10. The van der Waals surface area contributed by atoms with E-state index in [1.807, 2.05) is 6.92 Å². The Morgan fingerprint density at radius 1 is 1.47 bits per heavy atom. The van der Waals surface area contributed by atoms with E-state index in [0.29, 0.717) is 23.4 Å². The van der Waals surface area contributed by atoms with Crippen molar-refractivity contribution in [2.45, 2.75) is 20.3 Å². The van der Waals surface area contributed by atoms with E-state index in [1.54, 1.807) is 19.1 Å². The number of rotatable bonds is 3. The minimum absolute atomic E-state index is 0.167. The number of halogens is 2. The van der Waals surface area contributed by atoms with E-state index in [9.17, 15) is 4.79 Å². The van der Waals surface area contributed by atoms with Crippen LogP contribution in [0.25, 0.3) is 0 Å². The van der Waals surface area contributed by atoms with Gasteiger partial charge in [0.1, 0.15) is 10.9 Å². The summed E-state index contributed by atoms with van der Waals surface area (Å²) in [7, 11) is 0.